The van der Waals surface area contributed by atoms with Crippen molar-refractivity contribution in [2.75, 3.05) is 11.5 Å². The number of ether oxygens (including phenoxy) is 1. The highest BCUT2D eigenvalue weighted by atomic mass is 35.5. The molecule has 3 aliphatic rings. The number of phenols is 1. The number of amides is 2. The van der Waals surface area contributed by atoms with Crippen LogP contribution in [0.15, 0.2) is 78.0 Å². The number of pyridine rings is 1. The molecule has 2 fully saturated rings. The van der Waals surface area contributed by atoms with Crippen molar-refractivity contribution in [3.8, 4) is 5.75 Å². The van der Waals surface area contributed by atoms with Crippen LogP contribution in [0.3, 0.4) is 0 Å². The average molecular weight is 613 g/mol. The van der Waals surface area contributed by atoms with Crippen molar-refractivity contribution in [1.82, 2.24) is 4.98 Å². The summed E-state index contributed by atoms with van der Waals surface area (Å²) < 4.78 is 6.42. The molecule has 3 aromatic rings. The maximum absolute atomic E-state index is 13.9. The first kappa shape index (κ1) is 30.3. The summed E-state index contributed by atoms with van der Waals surface area (Å²) in [5.41, 5.74) is 5.49. The van der Waals surface area contributed by atoms with Gasteiger partial charge in [0.25, 0.3) is 0 Å². The monoisotopic (exact) mass is 612 g/mol. The fourth-order valence-electron chi connectivity index (χ4n) is 7.02. The Kier molecular flexibility index (Phi) is 8.74. The molecule has 0 saturated carbocycles. The highest BCUT2D eigenvalue weighted by molar-refractivity contribution is 6.58. The average Bonchev–Trinajstić information content (AvgIpc) is 3.55. The molecule has 8 nitrogen and oxygen atoms in total. The number of hydrogen-bond acceptors (Lipinski definition) is 7. The Bertz CT molecular complexity index is 1640. The molecular formula is C34H34BClN2O6. The summed E-state index contributed by atoms with van der Waals surface area (Å²) in [4.78, 5) is 33.4. The minimum Gasteiger partial charge on any atom is -0.508 e. The van der Waals surface area contributed by atoms with Crippen molar-refractivity contribution in [2.45, 2.75) is 45.1 Å². The smallest absolute Gasteiger partial charge is 0.488 e. The van der Waals surface area contributed by atoms with E-state index >= 15 is 0 Å². The van der Waals surface area contributed by atoms with E-state index in [1.54, 1.807) is 36.5 Å². The van der Waals surface area contributed by atoms with Gasteiger partial charge >= 0.3 is 7.12 Å². The Balaban J connectivity index is 1.28. The standard InChI is InChI=1S/C34H34BClN2O6/c1-2-6-22-16-26-32(34(41)38(33(26)40)24-8-5-7-23(17-24)35(42)43)27-19-44-30(31(22)27)13-11-21(29-9-3-4-14-37-29)15-20-10-12-25(39)18-28(20)36/h3-5,7-10,12,14-15,17-18,26-27,30,32,39,42-43H,2,6,11,13,16,19H2,1H3/b21-15-/t26-,27+,30-,32-/m1/s1. The van der Waals surface area contributed by atoms with Gasteiger partial charge in [0.05, 0.1) is 41.0 Å². The second kappa shape index (κ2) is 12.7. The summed E-state index contributed by atoms with van der Waals surface area (Å²) in [6.45, 7) is 2.48. The third kappa shape index (κ3) is 5.73. The minimum absolute atomic E-state index is 0.0973. The molecule has 0 spiro atoms. The Morgan fingerprint density at radius 1 is 1.09 bits per heavy atom. The first-order chi connectivity index (χ1) is 21.3. The quantitative estimate of drug-likeness (QED) is 0.181. The molecule has 3 N–H and O–H groups in total. The third-order valence-electron chi connectivity index (χ3n) is 8.97. The van der Waals surface area contributed by atoms with E-state index in [0.717, 1.165) is 35.2 Å². The van der Waals surface area contributed by atoms with E-state index in [9.17, 15) is 24.7 Å². The van der Waals surface area contributed by atoms with Gasteiger partial charge in [-0.1, -0.05) is 48.7 Å². The van der Waals surface area contributed by atoms with E-state index in [2.05, 4.69) is 11.9 Å². The Labute approximate surface area is 261 Å². The van der Waals surface area contributed by atoms with Crippen molar-refractivity contribution in [2.24, 2.45) is 17.8 Å². The molecule has 0 radical (unpaired) electrons. The third-order valence-corrected chi connectivity index (χ3v) is 9.30. The number of aromatic nitrogens is 1. The first-order valence-electron chi connectivity index (χ1n) is 15.0. The molecule has 226 valence electrons. The summed E-state index contributed by atoms with van der Waals surface area (Å²) in [5.74, 6) is -1.59. The van der Waals surface area contributed by atoms with E-state index in [4.69, 9.17) is 16.3 Å². The van der Waals surface area contributed by atoms with Gasteiger partial charge < -0.3 is 19.9 Å². The lowest BCUT2D eigenvalue weighted by Crippen LogP contribution is -2.35. The van der Waals surface area contributed by atoms with Gasteiger partial charge in [-0.3, -0.25) is 19.5 Å². The number of aromatic hydroxyl groups is 1. The molecule has 4 atom stereocenters. The van der Waals surface area contributed by atoms with Crippen molar-refractivity contribution >= 4 is 53.3 Å². The Morgan fingerprint density at radius 2 is 1.93 bits per heavy atom. The zero-order valence-corrected chi connectivity index (χ0v) is 25.2. The maximum atomic E-state index is 13.9. The number of halogens is 1. The second-order valence-corrected chi connectivity index (χ2v) is 12.1. The van der Waals surface area contributed by atoms with Gasteiger partial charge in [-0.05, 0) is 96.4 Å². The van der Waals surface area contributed by atoms with Crippen molar-refractivity contribution in [3.05, 3.63) is 94.3 Å². The molecule has 2 aliphatic heterocycles. The van der Waals surface area contributed by atoms with Gasteiger partial charge in [-0.15, -0.1) is 0 Å². The van der Waals surface area contributed by atoms with Crippen molar-refractivity contribution < 1.29 is 29.5 Å². The van der Waals surface area contributed by atoms with Crippen LogP contribution < -0.4 is 10.4 Å². The molecule has 2 aromatic carbocycles. The number of imide groups is 1. The zero-order chi connectivity index (χ0) is 31.0. The van der Waals surface area contributed by atoms with Crippen LogP contribution in [-0.4, -0.2) is 51.8 Å². The van der Waals surface area contributed by atoms with Gasteiger partial charge in [0, 0.05) is 12.1 Å². The number of nitrogens with zero attached hydrogens (tertiary/aromatic N) is 2. The summed E-state index contributed by atoms with van der Waals surface area (Å²) >= 11 is 6.45. The van der Waals surface area contributed by atoms with E-state index in [1.807, 2.05) is 24.3 Å². The lowest BCUT2D eigenvalue weighted by Gasteiger charge is -2.32. The summed E-state index contributed by atoms with van der Waals surface area (Å²) in [6, 6.07) is 16.9. The number of hydrogen-bond donors (Lipinski definition) is 3. The lowest BCUT2D eigenvalue weighted by atomic mass is 9.68. The number of benzene rings is 2. The molecule has 2 amide bonds. The molecule has 1 aliphatic carbocycles. The zero-order valence-electron chi connectivity index (χ0n) is 24.4. The highest BCUT2D eigenvalue weighted by Crippen LogP contribution is 2.51. The number of allylic oxidation sites excluding steroid dienone is 2. The van der Waals surface area contributed by atoms with E-state index in [1.165, 1.54) is 22.6 Å². The van der Waals surface area contributed by atoms with Gasteiger partial charge in [-0.25, -0.2) is 0 Å². The number of fused-ring (bicyclic) bond motifs is 3. The molecule has 10 heteroatoms. The topological polar surface area (TPSA) is 120 Å². The van der Waals surface area contributed by atoms with Gasteiger partial charge in [0.1, 0.15) is 5.75 Å². The Morgan fingerprint density at radius 3 is 2.66 bits per heavy atom. The summed E-state index contributed by atoms with van der Waals surface area (Å²) in [7, 11) is -1.70. The second-order valence-electron chi connectivity index (χ2n) is 11.7. The van der Waals surface area contributed by atoms with Crippen LogP contribution in [0, 0.1) is 17.8 Å². The predicted molar refractivity (Wildman–Crippen MR) is 170 cm³/mol. The fourth-order valence-corrected chi connectivity index (χ4v) is 7.25. The van der Waals surface area contributed by atoms with Crippen LogP contribution in [0.5, 0.6) is 5.75 Å². The van der Waals surface area contributed by atoms with Crippen LogP contribution in [0.25, 0.3) is 11.6 Å². The van der Waals surface area contributed by atoms with Gasteiger partial charge in [-0.2, -0.15) is 0 Å². The van der Waals surface area contributed by atoms with Gasteiger partial charge in [0.2, 0.25) is 11.8 Å². The van der Waals surface area contributed by atoms with E-state index in [-0.39, 0.29) is 35.0 Å². The molecular weight excluding hydrogens is 579 g/mol. The first-order valence-corrected chi connectivity index (χ1v) is 15.4. The normalized spacial score (nSPS) is 23.3. The summed E-state index contributed by atoms with van der Waals surface area (Å²) in [6.07, 6.45) is 7.09. The SMILES string of the molecule is CCCC1=C2[C@@H](CC/C(=C/c3ccc(O)cc3Cl)c3ccccn3)OC[C@@H]2[C@@H]2C(=O)N(c3cccc(B(O)O)c3)C(=O)[C@@H]2C1. The summed E-state index contributed by atoms with van der Waals surface area (Å²) in [5, 5.41) is 29.6. The Hall–Kier alpha value is -3.76. The van der Waals surface area contributed by atoms with Crippen molar-refractivity contribution in [1.29, 1.82) is 0 Å². The number of carbonyl (C=O) groups excluding carboxylic acids is 2. The molecule has 6 rings (SSSR count). The van der Waals surface area contributed by atoms with Crippen LogP contribution in [-0.2, 0) is 14.3 Å². The van der Waals surface area contributed by atoms with Crippen LogP contribution in [0.1, 0.15) is 50.3 Å². The van der Waals surface area contributed by atoms with Crippen LogP contribution in [0.2, 0.25) is 5.02 Å². The molecule has 44 heavy (non-hydrogen) atoms. The largest absolute Gasteiger partial charge is 0.508 e. The number of rotatable bonds is 9. The number of carbonyl (C=O) groups is 2. The lowest BCUT2D eigenvalue weighted by molar-refractivity contribution is -0.122. The van der Waals surface area contributed by atoms with Crippen molar-refractivity contribution in [3.63, 3.8) is 0 Å². The molecule has 2 saturated heterocycles. The van der Waals surface area contributed by atoms with Gasteiger partial charge in [0.15, 0.2) is 0 Å². The molecule has 0 unspecified atom stereocenters. The maximum Gasteiger partial charge on any atom is 0.488 e. The van der Waals surface area contributed by atoms with E-state index in [0.29, 0.717) is 36.6 Å². The number of phenolic OH excluding ortho intramolecular Hbond substituents is 1. The molecule has 3 heterocycles. The predicted octanol–water partition coefficient (Wildman–Crippen LogP) is 4.76. The van der Waals surface area contributed by atoms with Crippen LogP contribution in [0.4, 0.5) is 5.69 Å². The minimum atomic E-state index is -1.70. The molecule has 0 bridgehead atoms. The molecule has 1 aromatic heterocycles. The van der Waals surface area contributed by atoms with Crippen LogP contribution >= 0.6 is 11.6 Å². The highest BCUT2D eigenvalue weighted by Gasteiger charge is 2.57. The van der Waals surface area contributed by atoms with E-state index < -0.39 is 19.0 Å². The fraction of sp³-hybridized carbons (Fsp3) is 0.324. The number of anilines is 1.